The summed E-state index contributed by atoms with van der Waals surface area (Å²) in [4.78, 5) is 0. The standard InChI is InChI=1S/C42H25N3O/c1-2-9-26(10-3-1)29-17-19-38-34(22-29)35-21-27-11-4-5-12-28(27)23-40(35)45(38)39-20-18-30(36-24-43-44-25-37(36)39)32-14-8-15-33-31-13-6-7-16-41(31)46-42(32)33/h1-25H. The number of hydrogen-bond donors (Lipinski definition) is 0. The third kappa shape index (κ3) is 3.61. The molecule has 10 aromatic rings. The minimum atomic E-state index is 0.881. The Labute approximate surface area is 263 Å². The van der Waals surface area contributed by atoms with Crippen molar-refractivity contribution in [1.29, 1.82) is 0 Å². The quantitative estimate of drug-likeness (QED) is 0.207. The molecular formula is C42H25N3O. The largest absolute Gasteiger partial charge is 0.455 e. The van der Waals surface area contributed by atoms with E-state index in [9.17, 15) is 0 Å². The lowest BCUT2D eigenvalue weighted by Gasteiger charge is -2.14. The highest BCUT2D eigenvalue weighted by molar-refractivity contribution is 6.17. The SMILES string of the molecule is c1ccc(-c2ccc3c(c2)c2cc4ccccc4cc2n3-c2ccc(-c3cccc4c3oc3ccccc34)c3cnncc23)cc1. The van der Waals surface area contributed by atoms with Crippen molar-refractivity contribution in [3.63, 3.8) is 0 Å². The molecule has 0 saturated carbocycles. The van der Waals surface area contributed by atoms with Gasteiger partial charge in [-0.3, -0.25) is 0 Å². The van der Waals surface area contributed by atoms with Crippen LogP contribution in [0.5, 0.6) is 0 Å². The molecule has 0 aliphatic rings. The van der Waals surface area contributed by atoms with E-state index in [1.54, 1.807) is 0 Å². The maximum atomic E-state index is 6.45. The molecule has 0 fully saturated rings. The van der Waals surface area contributed by atoms with Gasteiger partial charge in [0.2, 0.25) is 0 Å². The van der Waals surface area contributed by atoms with Gasteiger partial charge in [0, 0.05) is 37.9 Å². The van der Waals surface area contributed by atoms with Gasteiger partial charge in [-0.25, -0.2) is 0 Å². The molecule has 4 heteroatoms. The molecule has 214 valence electrons. The first-order chi connectivity index (χ1) is 22.8. The molecule has 7 aromatic carbocycles. The van der Waals surface area contributed by atoms with E-state index in [1.807, 2.05) is 24.5 Å². The molecule has 0 aliphatic carbocycles. The fourth-order valence-corrected chi connectivity index (χ4v) is 7.25. The summed E-state index contributed by atoms with van der Waals surface area (Å²) in [5.41, 5.74) is 9.65. The van der Waals surface area contributed by atoms with Crippen LogP contribution in [-0.2, 0) is 0 Å². The van der Waals surface area contributed by atoms with Crippen LogP contribution < -0.4 is 0 Å². The van der Waals surface area contributed by atoms with Gasteiger partial charge in [-0.15, -0.1) is 0 Å². The Balaban J connectivity index is 1.28. The summed E-state index contributed by atoms with van der Waals surface area (Å²) in [7, 11) is 0. The molecule has 4 nitrogen and oxygen atoms in total. The van der Waals surface area contributed by atoms with Gasteiger partial charge in [0.05, 0.1) is 29.1 Å². The number of fused-ring (bicyclic) bond motifs is 8. The van der Waals surface area contributed by atoms with Crippen LogP contribution >= 0.6 is 0 Å². The van der Waals surface area contributed by atoms with Crippen molar-refractivity contribution >= 4 is 65.3 Å². The van der Waals surface area contributed by atoms with E-state index in [0.717, 1.165) is 60.6 Å². The summed E-state index contributed by atoms with van der Waals surface area (Å²) in [6.07, 6.45) is 3.77. The first-order valence-corrected chi connectivity index (χ1v) is 15.5. The molecule has 0 bridgehead atoms. The average molecular weight is 588 g/mol. The fraction of sp³-hybridized carbons (Fsp3) is 0. The van der Waals surface area contributed by atoms with Gasteiger partial charge in [0.1, 0.15) is 11.2 Å². The van der Waals surface area contributed by atoms with Crippen LogP contribution in [0.4, 0.5) is 0 Å². The van der Waals surface area contributed by atoms with Crippen LogP contribution in [0.1, 0.15) is 0 Å². The zero-order valence-electron chi connectivity index (χ0n) is 24.7. The van der Waals surface area contributed by atoms with Gasteiger partial charge in [0.25, 0.3) is 0 Å². The number of rotatable bonds is 3. The third-order valence-corrected chi connectivity index (χ3v) is 9.38. The van der Waals surface area contributed by atoms with Crippen LogP contribution in [0.25, 0.3) is 93.2 Å². The molecule has 0 radical (unpaired) electrons. The molecule has 0 atom stereocenters. The van der Waals surface area contributed by atoms with Gasteiger partial charge >= 0.3 is 0 Å². The predicted molar refractivity (Wildman–Crippen MR) is 190 cm³/mol. The van der Waals surface area contributed by atoms with E-state index in [-0.39, 0.29) is 0 Å². The smallest absolute Gasteiger partial charge is 0.143 e. The van der Waals surface area contributed by atoms with Crippen LogP contribution in [0.15, 0.2) is 156 Å². The second-order valence-electron chi connectivity index (χ2n) is 11.9. The van der Waals surface area contributed by atoms with Crippen molar-refractivity contribution in [1.82, 2.24) is 14.8 Å². The first-order valence-electron chi connectivity index (χ1n) is 15.5. The molecule has 0 spiro atoms. The minimum absolute atomic E-state index is 0.881. The van der Waals surface area contributed by atoms with Crippen LogP contribution in [0.2, 0.25) is 0 Å². The van der Waals surface area contributed by atoms with E-state index in [1.165, 1.54) is 32.7 Å². The number of benzene rings is 7. The summed E-state index contributed by atoms with van der Waals surface area (Å²) in [6, 6.07) is 49.7. The number of nitrogens with zero attached hydrogens (tertiary/aromatic N) is 3. The molecule has 0 amide bonds. The zero-order chi connectivity index (χ0) is 30.2. The third-order valence-electron chi connectivity index (χ3n) is 9.38. The van der Waals surface area contributed by atoms with Crippen molar-refractivity contribution in [2.24, 2.45) is 0 Å². The second-order valence-corrected chi connectivity index (χ2v) is 11.9. The van der Waals surface area contributed by atoms with Gasteiger partial charge in [-0.1, -0.05) is 103 Å². The number of aromatic nitrogens is 3. The van der Waals surface area contributed by atoms with Crippen molar-refractivity contribution in [3.05, 3.63) is 152 Å². The monoisotopic (exact) mass is 587 g/mol. The highest BCUT2D eigenvalue weighted by Crippen LogP contribution is 2.42. The van der Waals surface area contributed by atoms with E-state index in [0.29, 0.717) is 0 Å². The minimum Gasteiger partial charge on any atom is -0.455 e. The molecule has 0 unspecified atom stereocenters. The Morgan fingerprint density at radius 1 is 0.435 bits per heavy atom. The molecule has 0 aliphatic heterocycles. The van der Waals surface area contributed by atoms with Crippen LogP contribution in [-0.4, -0.2) is 14.8 Å². The summed E-state index contributed by atoms with van der Waals surface area (Å²) in [5.74, 6) is 0. The van der Waals surface area contributed by atoms with Gasteiger partial charge < -0.3 is 8.98 Å². The molecule has 0 N–H and O–H groups in total. The van der Waals surface area contributed by atoms with Crippen molar-refractivity contribution in [2.45, 2.75) is 0 Å². The molecule has 46 heavy (non-hydrogen) atoms. The van der Waals surface area contributed by atoms with Crippen LogP contribution in [0, 0.1) is 0 Å². The lowest BCUT2D eigenvalue weighted by atomic mass is 9.97. The lowest BCUT2D eigenvalue weighted by Crippen LogP contribution is -1.98. The Hall–Kier alpha value is -6.26. The number of furan rings is 1. The Morgan fingerprint density at radius 2 is 1.17 bits per heavy atom. The van der Waals surface area contributed by atoms with Crippen LogP contribution in [0.3, 0.4) is 0 Å². The highest BCUT2D eigenvalue weighted by Gasteiger charge is 2.19. The molecule has 3 aromatic heterocycles. The Bertz CT molecular complexity index is 2810. The van der Waals surface area contributed by atoms with Gasteiger partial charge in [0.15, 0.2) is 0 Å². The summed E-state index contributed by atoms with van der Waals surface area (Å²) >= 11 is 0. The number of hydrogen-bond acceptors (Lipinski definition) is 3. The van der Waals surface area contributed by atoms with E-state index in [2.05, 4.69) is 142 Å². The van der Waals surface area contributed by atoms with E-state index >= 15 is 0 Å². The maximum absolute atomic E-state index is 6.45. The molecule has 3 heterocycles. The van der Waals surface area contributed by atoms with Crippen molar-refractivity contribution in [3.8, 4) is 27.9 Å². The van der Waals surface area contributed by atoms with E-state index in [4.69, 9.17) is 4.42 Å². The number of para-hydroxylation sites is 2. The first kappa shape index (κ1) is 25.1. The summed E-state index contributed by atoms with van der Waals surface area (Å²) in [6.45, 7) is 0. The predicted octanol–water partition coefficient (Wildman–Crippen LogP) is 11.1. The van der Waals surface area contributed by atoms with Gasteiger partial charge in [-0.05, 0) is 63.9 Å². The Kier molecular flexibility index (Phi) is 5.25. The topological polar surface area (TPSA) is 43.9 Å². The second kappa shape index (κ2) is 9.62. The zero-order valence-corrected chi connectivity index (χ0v) is 24.7. The van der Waals surface area contributed by atoms with E-state index < -0.39 is 0 Å². The Morgan fingerprint density at radius 3 is 2.07 bits per heavy atom. The normalized spacial score (nSPS) is 11.9. The summed E-state index contributed by atoms with van der Waals surface area (Å²) < 4.78 is 8.84. The maximum Gasteiger partial charge on any atom is 0.143 e. The fourth-order valence-electron chi connectivity index (χ4n) is 7.25. The highest BCUT2D eigenvalue weighted by atomic mass is 16.3. The molecule has 10 rings (SSSR count). The molecular weight excluding hydrogens is 562 g/mol. The van der Waals surface area contributed by atoms with Gasteiger partial charge in [-0.2, -0.15) is 10.2 Å². The van der Waals surface area contributed by atoms with Crippen molar-refractivity contribution in [2.75, 3.05) is 0 Å². The van der Waals surface area contributed by atoms with Crippen molar-refractivity contribution < 1.29 is 4.42 Å². The average Bonchev–Trinajstić information content (AvgIpc) is 3.66. The summed E-state index contributed by atoms with van der Waals surface area (Å²) in [5, 5.41) is 17.9. The molecule has 0 saturated heterocycles. The lowest BCUT2D eigenvalue weighted by molar-refractivity contribution is 0.670.